The fourth-order valence-electron chi connectivity index (χ4n) is 2.46. The Morgan fingerprint density at radius 2 is 1.84 bits per heavy atom. The number of benzene rings is 2. The van der Waals surface area contributed by atoms with Crippen LogP contribution in [0.4, 0.5) is 5.69 Å². The number of oxazole rings is 1. The Kier molecular flexibility index (Phi) is 3.88. The number of nitrogens with one attached hydrogen (secondary N) is 1. The Balaban J connectivity index is 2.02. The van der Waals surface area contributed by atoms with Crippen LogP contribution in [0.3, 0.4) is 0 Å². The van der Waals surface area contributed by atoms with Crippen molar-refractivity contribution in [3.63, 3.8) is 0 Å². The quantitative estimate of drug-likeness (QED) is 0.725. The highest BCUT2D eigenvalue weighted by atomic mass is 32.2. The summed E-state index contributed by atoms with van der Waals surface area (Å²) in [6.07, 6.45) is 0. The van der Waals surface area contributed by atoms with Crippen molar-refractivity contribution in [2.75, 3.05) is 4.72 Å². The third-order valence-corrected chi connectivity index (χ3v) is 5.32. The van der Waals surface area contributed by atoms with Crippen LogP contribution in [0.5, 0.6) is 0 Å². The van der Waals surface area contributed by atoms with Gasteiger partial charge in [0.05, 0.1) is 10.4 Å². The van der Waals surface area contributed by atoms with E-state index in [1.54, 1.807) is 20.0 Å². The van der Waals surface area contributed by atoms with Gasteiger partial charge in [-0.2, -0.15) is 0 Å². The van der Waals surface area contributed by atoms with Gasteiger partial charge in [-0.25, -0.2) is 13.2 Å². The second-order valence-corrected chi connectivity index (χ2v) is 7.21. The molecule has 0 unspecified atom stereocenters. The highest BCUT2D eigenvalue weighted by Gasteiger charge is 2.20. The van der Waals surface area contributed by atoms with E-state index in [0.717, 1.165) is 0 Å². The zero-order valence-electron chi connectivity index (χ0n) is 13.4. The summed E-state index contributed by atoms with van der Waals surface area (Å²) in [4.78, 5) is 22.6. The molecule has 1 amide bonds. The minimum Gasteiger partial charge on any atom is -0.408 e. The van der Waals surface area contributed by atoms with Gasteiger partial charge >= 0.3 is 5.76 Å². The Labute approximate surface area is 142 Å². The van der Waals surface area contributed by atoms with Crippen molar-refractivity contribution < 1.29 is 17.6 Å². The molecular formula is C16H15N3O5S. The lowest BCUT2D eigenvalue weighted by molar-refractivity contribution is 0.100. The van der Waals surface area contributed by atoms with Crippen LogP contribution >= 0.6 is 0 Å². The molecule has 0 radical (unpaired) electrons. The molecule has 25 heavy (non-hydrogen) atoms. The first-order chi connectivity index (χ1) is 11.7. The van der Waals surface area contributed by atoms with Gasteiger partial charge in [-0.1, -0.05) is 0 Å². The fraction of sp³-hybridized carbons (Fsp3) is 0.125. The van der Waals surface area contributed by atoms with Crippen molar-refractivity contribution >= 4 is 32.7 Å². The summed E-state index contributed by atoms with van der Waals surface area (Å²) in [7, 11) is -2.37. The number of nitrogens with zero attached hydrogens (tertiary/aromatic N) is 1. The first kappa shape index (κ1) is 16.8. The monoisotopic (exact) mass is 361 g/mol. The van der Waals surface area contributed by atoms with Crippen LogP contribution in [0, 0.1) is 6.92 Å². The molecule has 0 aliphatic carbocycles. The zero-order chi connectivity index (χ0) is 18.4. The van der Waals surface area contributed by atoms with Gasteiger partial charge in [-0.15, -0.1) is 0 Å². The number of anilines is 1. The number of hydrogen-bond donors (Lipinski definition) is 2. The van der Waals surface area contributed by atoms with Crippen LogP contribution in [-0.4, -0.2) is 18.9 Å². The molecule has 0 atom stereocenters. The smallest absolute Gasteiger partial charge is 0.408 e. The summed E-state index contributed by atoms with van der Waals surface area (Å²) in [5, 5.41) is 0. The van der Waals surface area contributed by atoms with Crippen molar-refractivity contribution in [2.45, 2.75) is 11.8 Å². The molecule has 0 fully saturated rings. The molecule has 1 aromatic heterocycles. The molecule has 3 N–H and O–H groups in total. The molecule has 0 aliphatic heterocycles. The van der Waals surface area contributed by atoms with Crippen LogP contribution in [0.25, 0.3) is 11.1 Å². The van der Waals surface area contributed by atoms with E-state index in [4.69, 9.17) is 10.2 Å². The molecule has 3 aromatic rings. The average molecular weight is 361 g/mol. The highest BCUT2D eigenvalue weighted by molar-refractivity contribution is 7.92. The Bertz CT molecular complexity index is 1140. The standard InChI is InChI=1S/C16H15N3O5S/c1-9-7-12-13(24-16(21)19(12)2)8-14(9)25(22,23)18-11-5-3-10(4-6-11)15(17)20/h3-8,18H,1-2H3,(H2,17,20). The molecule has 9 heteroatoms. The largest absolute Gasteiger partial charge is 0.419 e. The number of fused-ring (bicyclic) bond motifs is 1. The number of carbonyl (C=O) groups is 1. The normalized spacial score (nSPS) is 11.6. The maximum Gasteiger partial charge on any atom is 0.419 e. The summed E-state index contributed by atoms with van der Waals surface area (Å²) < 4.78 is 34.1. The van der Waals surface area contributed by atoms with Crippen molar-refractivity contribution in [1.29, 1.82) is 0 Å². The second-order valence-electron chi connectivity index (χ2n) is 5.56. The number of primary amides is 1. The van der Waals surface area contributed by atoms with E-state index in [2.05, 4.69) is 4.72 Å². The lowest BCUT2D eigenvalue weighted by Crippen LogP contribution is -2.15. The van der Waals surface area contributed by atoms with Gasteiger partial charge < -0.3 is 10.2 Å². The van der Waals surface area contributed by atoms with Crippen molar-refractivity contribution in [3.8, 4) is 0 Å². The molecule has 8 nitrogen and oxygen atoms in total. The first-order valence-corrected chi connectivity index (χ1v) is 8.70. The van der Waals surface area contributed by atoms with Gasteiger partial charge in [0.2, 0.25) is 5.91 Å². The van der Waals surface area contributed by atoms with Crippen molar-refractivity contribution in [2.24, 2.45) is 12.8 Å². The molecule has 3 rings (SSSR count). The number of nitrogens with two attached hydrogens (primary N) is 1. The predicted octanol–water partition coefficient (Wildman–Crippen LogP) is 1.34. The predicted molar refractivity (Wildman–Crippen MR) is 92.0 cm³/mol. The van der Waals surface area contributed by atoms with Crippen LogP contribution in [0.2, 0.25) is 0 Å². The maximum atomic E-state index is 12.6. The molecule has 2 aromatic carbocycles. The molecular weight excluding hydrogens is 346 g/mol. The van der Waals surface area contributed by atoms with Gasteiger partial charge in [0.1, 0.15) is 0 Å². The zero-order valence-corrected chi connectivity index (χ0v) is 14.3. The first-order valence-electron chi connectivity index (χ1n) is 7.22. The minimum atomic E-state index is -3.91. The number of sulfonamides is 1. The van der Waals surface area contributed by atoms with Gasteiger partial charge in [0, 0.05) is 24.4 Å². The van der Waals surface area contributed by atoms with Crippen LogP contribution in [0.15, 0.2) is 50.5 Å². The average Bonchev–Trinajstić information content (AvgIpc) is 2.81. The molecule has 1 heterocycles. The summed E-state index contributed by atoms with van der Waals surface area (Å²) >= 11 is 0. The van der Waals surface area contributed by atoms with E-state index >= 15 is 0 Å². The topological polar surface area (TPSA) is 124 Å². The molecule has 0 spiro atoms. The summed E-state index contributed by atoms with van der Waals surface area (Å²) in [5.74, 6) is -1.17. The molecule has 0 saturated heterocycles. The number of carbonyl (C=O) groups excluding carboxylic acids is 1. The Hall–Kier alpha value is -3.07. The Morgan fingerprint density at radius 1 is 1.20 bits per heavy atom. The van der Waals surface area contributed by atoms with Crippen LogP contribution < -0.4 is 16.2 Å². The lowest BCUT2D eigenvalue weighted by atomic mass is 10.2. The number of aryl methyl sites for hydroxylation is 2. The molecule has 0 bridgehead atoms. The summed E-state index contributed by atoms with van der Waals surface area (Å²) in [5.41, 5.74) is 6.85. The van der Waals surface area contributed by atoms with E-state index in [9.17, 15) is 18.0 Å². The highest BCUT2D eigenvalue weighted by Crippen LogP contribution is 2.24. The second kappa shape index (κ2) is 5.78. The van der Waals surface area contributed by atoms with Gasteiger partial charge in [-0.05, 0) is 42.8 Å². The van der Waals surface area contributed by atoms with Crippen molar-refractivity contribution in [3.05, 3.63) is 58.1 Å². The molecule has 130 valence electrons. The summed E-state index contributed by atoms with van der Waals surface area (Å²) in [6.45, 7) is 1.63. The molecule has 0 saturated carbocycles. The third kappa shape index (κ3) is 3.01. The SMILES string of the molecule is Cc1cc2c(cc1S(=O)(=O)Nc1ccc(C(N)=O)cc1)oc(=O)n2C. The maximum absolute atomic E-state index is 12.6. The Morgan fingerprint density at radius 3 is 2.44 bits per heavy atom. The van der Waals surface area contributed by atoms with E-state index in [1.807, 2.05) is 0 Å². The van der Waals surface area contributed by atoms with Gasteiger partial charge in [0.25, 0.3) is 10.0 Å². The minimum absolute atomic E-state index is 0.00618. The van der Waals surface area contributed by atoms with Gasteiger partial charge in [0.15, 0.2) is 5.58 Å². The third-order valence-electron chi connectivity index (χ3n) is 3.80. The van der Waals surface area contributed by atoms with Crippen molar-refractivity contribution in [1.82, 2.24) is 4.57 Å². The van der Waals surface area contributed by atoms with E-state index < -0.39 is 21.7 Å². The van der Waals surface area contributed by atoms with Crippen LogP contribution in [-0.2, 0) is 17.1 Å². The summed E-state index contributed by atoms with van der Waals surface area (Å²) in [6, 6.07) is 8.61. The number of aromatic nitrogens is 1. The van der Waals surface area contributed by atoms with Crippen LogP contribution in [0.1, 0.15) is 15.9 Å². The number of amides is 1. The lowest BCUT2D eigenvalue weighted by Gasteiger charge is -2.11. The van der Waals surface area contributed by atoms with E-state index in [-0.39, 0.29) is 21.7 Å². The number of rotatable bonds is 4. The van der Waals surface area contributed by atoms with E-state index in [1.165, 1.54) is 34.9 Å². The number of hydrogen-bond acceptors (Lipinski definition) is 5. The molecule has 0 aliphatic rings. The van der Waals surface area contributed by atoms with E-state index in [0.29, 0.717) is 11.1 Å². The van der Waals surface area contributed by atoms with Gasteiger partial charge in [-0.3, -0.25) is 14.1 Å². The fourth-order valence-corrected chi connectivity index (χ4v) is 3.76.